The van der Waals surface area contributed by atoms with Crippen LogP contribution in [0.4, 0.5) is 17.1 Å². The molecule has 0 atom stereocenters. The number of rotatable bonds is 6. The van der Waals surface area contributed by atoms with E-state index in [4.69, 9.17) is 0 Å². The van der Waals surface area contributed by atoms with Crippen LogP contribution < -0.4 is 4.90 Å². The molecule has 0 bridgehead atoms. The molecule has 1 spiro atoms. The van der Waals surface area contributed by atoms with Gasteiger partial charge in [0.2, 0.25) is 0 Å². The van der Waals surface area contributed by atoms with Gasteiger partial charge in [-0.1, -0.05) is 196 Å². The average Bonchev–Trinajstić information content (AvgIpc) is 3.93. The number of anilines is 3. The second-order valence-corrected chi connectivity index (χ2v) is 18.7. The molecule has 0 amide bonds. The van der Waals surface area contributed by atoms with Crippen LogP contribution in [0.2, 0.25) is 0 Å². The summed E-state index contributed by atoms with van der Waals surface area (Å²) >= 11 is 0. The van der Waals surface area contributed by atoms with Crippen LogP contribution in [0.15, 0.2) is 230 Å². The molecule has 0 N–H and O–H groups in total. The van der Waals surface area contributed by atoms with Gasteiger partial charge in [-0.15, -0.1) is 0 Å². The van der Waals surface area contributed by atoms with Gasteiger partial charge < -0.3 is 4.90 Å². The van der Waals surface area contributed by atoms with E-state index in [2.05, 4.69) is 243 Å². The highest BCUT2D eigenvalue weighted by molar-refractivity contribution is 6.02. The molecule has 0 aromatic heterocycles. The highest BCUT2D eigenvalue weighted by atomic mass is 15.1. The topological polar surface area (TPSA) is 3.24 Å². The number of nitrogens with zero attached hydrogens (tertiary/aromatic N) is 1. The Hall–Kier alpha value is -7.74. The van der Waals surface area contributed by atoms with Crippen molar-refractivity contribution >= 4 is 22.6 Å². The van der Waals surface area contributed by atoms with Crippen LogP contribution in [0.3, 0.4) is 0 Å². The minimum atomic E-state index is -0.305. The van der Waals surface area contributed by atoms with Crippen LogP contribution >= 0.6 is 0 Å². The van der Waals surface area contributed by atoms with Crippen molar-refractivity contribution in [3.8, 4) is 55.6 Å². The number of benzene rings is 9. The van der Waals surface area contributed by atoms with Gasteiger partial charge in [-0.05, 0) is 155 Å². The summed E-state index contributed by atoms with van der Waals surface area (Å²) in [7, 11) is 0. The summed E-state index contributed by atoms with van der Waals surface area (Å²) in [4.78, 5) is 2.37. The summed E-state index contributed by atoms with van der Waals surface area (Å²) in [5.41, 5.74) is 27.4. The van der Waals surface area contributed by atoms with E-state index in [1.165, 1.54) is 100 Å². The molecular weight excluding hydrogens is 783 g/mol. The Kier molecular flexibility index (Phi) is 8.37. The van der Waals surface area contributed by atoms with Gasteiger partial charge in [-0.2, -0.15) is 0 Å². The molecule has 0 saturated carbocycles. The SMILES string of the molecule is CC1(C)c2cc(-c3ccc(N(c4ccc(-c5ccccc5)cc4)c4ccc(-c5ccccc5)cc4)cc3)ccc2-c2c1ccc1c2C2=C(C=CCC2)C12c1ccccc1-c1ccccc12. The molecule has 0 aliphatic heterocycles. The van der Waals surface area contributed by atoms with Gasteiger partial charge in [-0.3, -0.25) is 0 Å². The highest BCUT2D eigenvalue weighted by Gasteiger charge is 2.54. The maximum Gasteiger partial charge on any atom is 0.0722 e. The van der Waals surface area contributed by atoms with Crippen LogP contribution in [0.5, 0.6) is 0 Å². The lowest BCUT2D eigenvalue weighted by Crippen LogP contribution is -2.27. The average molecular weight is 830 g/mol. The Morgan fingerprint density at radius 2 is 0.831 bits per heavy atom. The predicted octanol–water partition coefficient (Wildman–Crippen LogP) is 16.9. The molecule has 65 heavy (non-hydrogen) atoms. The largest absolute Gasteiger partial charge is 0.311 e. The van der Waals surface area contributed by atoms with Crippen LogP contribution in [0, 0.1) is 0 Å². The molecule has 0 unspecified atom stereocenters. The lowest BCUT2D eigenvalue weighted by molar-refractivity contribution is 0.659. The Bertz CT molecular complexity index is 3280. The highest BCUT2D eigenvalue weighted by Crippen LogP contribution is 2.66. The Labute approximate surface area is 382 Å². The van der Waals surface area contributed by atoms with Gasteiger partial charge in [0.05, 0.1) is 5.41 Å². The van der Waals surface area contributed by atoms with Gasteiger partial charge >= 0.3 is 0 Å². The first-order chi connectivity index (χ1) is 32.0. The fraction of sp³-hybridized carbons (Fsp3) is 0.0938. The molecule has 1 heteroatoms. The first-order valence-corrected chi connectivity index (χ1v) is 23.1. The van der Waals surface area contributed by atoms with Crippen LogP contribution in [-0.4, -0.2) is 0 Å². The molecular formula is C64H47N. The second-order valence-electron chi connectivity index (χ2n) is 18.7. The summed E-state index contributed by atoms with van der Waals surface area (Å²) < 4.78 is 0. The standard InChI is InChI=1S/C64H47N/c1-63(2)58-39-40-59-62(53-21-11-14-24-57(53)64(59)55-22-12-9-19-51(55)52-20-10-13-23-56(52)64)61(58)54-38-31-47(41-60(54)63)46-29-36-50(37-30-46)65(48-32-25-44(26-33-48)42-15-5-3-6-16-42)49-34-27-45(28-35-49)43-17-7-4-8-18-43/h3-10,12-20,22-41H,11,21H2,1-2H3. The van der Waals surface area contributed by atoms with Crippen molar-refractivity contribution in [3.63, 3.8) is 0 Å². The first-order valence-electron chi connectivity index (χ1n) is 23.1. The lowest BCUT2D eigenvalue weighted by Gasteiger charge is -2.32. The van der Waals surface area contributed by atoms with E-state index in [1.807, 2.05) is 0 Å². The van der Waals surface area contributed by atoms with Gasteiger partial charge in [0, 0.05) is 22.5 Å². The first kappa shape index (κ1) is 37.8. The fourth-order valence-corrected chi connectivity index (χ4v) is 12.0. The van der Waals surface area contributed by atoms with Gasteiger partial charge in [-0.25, -0.2) is 0 Å². The van der Waals surface area contributed by atoms with Crippen LogP contribution in [0.1, 0.15) is 60.1 Å². The summed E-state index contributed by atoms with van der Waals surface area (Å²) in [6, 6.07) is 78.9. The third kappa shape index (κ3) is 5.52. The van der Waals surface area contributed by atoms with Crippen molar-refractivity contribution < 1.29 is 0 Å². The third-order valence-electron chi connectivity index (χ3n) is 15.0. The number of hydrogen-bond acceptors (Lipinski definition) is 1. The van der Waals surface area contributed by atoms with E-state index in [9.17, 15) is 0 Å². The van der Waals surface area contributed by atoms with Crippen LogP contribution in [-0.2, 0) is 10.8 Å². The van der Waals surface area contributed by atoms with Crippen molar-refractivity contribution in [2.75, 3.05) is 4.90 Å². The van der Waals surface area contributed by atoms with Gasteiger partial charge in [0.1, 0.15) is 0 Å². The number of hydrogen-bond donors (Lipinski definition) is 0. The van der Waals surface area contributed by atoms with Crippen molar-refractivity contribution in [1.82, 2.24) is 0 Å². The van der Waals surface area contributed by atoms with Crippen molar-refractivity contribution in [1.29, 1.82) is 0 Å². The smallest absolute Gasteiger partial charge is 0.0722 e. The van der Waals surface area contributed by atoms with Gasteiger partial charge in [0.15, 0.2) is 0 Å². The summed E-state index contributed by atoms with van der Waals surface area (Å²) in [6.07, 6.45) is 7.02. The molecule has 0 radical (unpaired) electrons. The molecule has 308 valence electrons. The molecule has 4 aliphatic carbocycles. The maximum absolute atomic E-state index is 2.50. The van der Waals surface area contributed by atoms with E-state index in [1.54, 1.807) is 0 Å². The van der Waals surface area contributed by atoms with Crippen molar-refractivity contribution in [2.45, 2.75) is 37.5 Å². The van der Waals surface area contributed by atoms with E-state index >= 15 is 0 Å². The molecule has 9 aromatic carbocycles. The molecule has 0 fully saturated rings. The second kappa shape index (κ2) is 14.4. The summed E-state index contributed by atoms with van der Waals surface area (Å²) in [6.45, 7) is 4.86. The molecule has 1 nitrogen and oxygen atoms in total. The summed E-state index contributed by atoms with van der Waals surface area (Å²) in [5, 5.41) is 0. The Morgan fingerprint density at radius 1 is 0.369 bits per heavy atom. The monoisotopic (exact) mass is 829 g/mol. The zero-order chi connectivity index (χ0) is 43.3. The third-order valence-corrected chi connectivity index (χ3v) is 15.0. The quantitative estimate of drug-likeness (QED) is 0.161. The zero-order valence-electron chi connectivity index (χ0n) is 36.7. The fourth-order valence-electron chi connectivity index (χ4n) is 12.0. The minimum Gasteiger partial charge on any atom is -0.311 e. The number of fused-ring (bicyclic) bond motifs is 13. The zero-order valence-corrected chi connectivity index (χ0v) is 36.7. The number of allylic oxidation sites excluding steroid dienone is 4. The van der Waals surface area contributed by atoms with Crippen LogP contribution in [0.25, 0.3) is 61.2 Å². The minimum absolute atomic E-state index is 0.156. The van der Waals surface area contributed by atoms with E-state index in [0.717, 1.165) is 29.9 Å². The molecule has 4 aliphatic rings. The Balaban J connectivity index is 0.897. The maximum atomic E-state index is 2.50. The molecule has 0 heterocycles. The lowest BCUT2D eigenvalue weighted by atomic mass is 9.68. The van der Waals surface area contributed by atoms with Crippen molar-refractivity contribution in [3.05, 3.63) is 263 Å². The van der Waals surface area contributed by atoms with Crippen molar-refractivity contribution in [2.24, 2.45) is 0 Å². The van der Waals surface area contributed by atoms with E-state index in [0.29, 0.717) is 0 Å². The predicted molar refractivity (Wildman–Crippen MR) is 272 cm³/mol. The Morgan fingerprint density at radius 3 is 1.38 bits per heavy atom. The normalized spacial score (nSPS) is 15.2. The van der Waals surface area contributed by atoms with E-state index in [-0.39, 0.29) is 10.8 Å². The summed E-state index contributed by atoms with van der Waals surface area (Å²) in [5.74, 6) is 0. The molecule has 13 rings (SSSR count). The van der Waals surface area contributed by atoms with E-state index < -0.39 is 0 Å². The van der Waals surface area contributed by atoms with Gasteiger partial charge in [0.25, 0.3) is 0 Å². The molecule has 0 saturated heterocycles. The molecule has 9 aromatic rings.